The smallest absolute Gasteiger partial charge is 0.260 e. The lowest BCUT2D eigenvalue weighted by atomic mass is 10.0. The molecule has 1 aliphatic rings. The minimum atomic E-state index is -0.127. The number of nitrogens with zero attached hydrogens (tertiary/aromatic N) is 1. The zero-order chi connectivity index (χ0) is 17.9. The predicted octanol–water partition coefficient (Wildman–Crippen LogP) is 5.74. The molecule has 4 nitrogen and oxygen atoms in total. The largest absolute Gasteiger partial charge is 0.326 e. The van der Waals surface area contributed by atoms with Gasteiger partial charge in [0.25, 0.3) is 5.56 Å². The third-order valence-corrected chi connectivity index (χ3v) is 6.22. The van der Waals surface area contributed by atoms with Gasteiger partial charge in [-0.2, -0.15) is 0 Å². The van der Waals surface area contributed by atoms with Gasteiger partial charge in [-0.3, -0.25) is 9.78 Å². The molecule has 1 aliphatic carbocycles. The van der Waals surface area contributed by atoms with E-state index >= 15 is 0 Å². The Morgan fingerprint density at radius 1 is 1.08 bits per heavy atom. The highest BCUT2D eigenvalue weighted by Crippen LogP contribution is 2.34. The Morgan fingerprint density at radius 2 is 1.85 bits per heavy atom. The Kier molecular flexibility index (Phi) is 5.18. The van der Waals surface area contributed by atoms with Crippen LogP contribution in [0.1, 0.15) is 32.1 Å². The Balaban J connectivity index is 1.58. The number of aromatic nitrogens is 2. The summed E-state index contributed by atoms with van der Waals surface area (Å²) in [5, 5.41) is 5.08. The zero-order valence-electron chi connectivity index (χ0n) is 14.3. The Bertz CT molecular complexity index is 965. The van der Waals surface area contributed by atoms with Crippen LogP contribution in [0.15, 0.2) is 52.2 Å². The van der Waals surface area contributed by atoms with E-state index in [1.165, 1.54) is 32.1 Å². The van der Waals surface area contributed by atoms with Crippen molar-refractivity contribution in [3.8, 4) is 0 Å². The maximum atomic E-state index is 12.5. The second-order valence-corrected chi connectivity index (χ2v) is 8.41. The fourth-order valence-electron chi connectivity index (χ4n) is 3.30. The average molecular weight is 386 g/mol. The Morgan fingerprint density at radius 3 is 2.62 bits per heavy atom. The van der Waals surface area contributed by atoms with Crippen molar-refractivity contribution in [3.05, 3.63) is 57.8 Å². The van der Waals surface area contributed by atoms with E-state index in [0.29, 0.717) is 27.1 Å². The van der Waals surface area contributed by atoms with E-state index in [2.05, 4.69) is 21.4 Å². The summed E-state index contributed by atoms with van der Waals surface area (Å²) in [6.45, 7) is 0. The van der Waals surface area contributed by atoms with E-state index in [1.54, 1.807) is 12.1 Å². The van der Waals surface area contributed by atoms with Crippen molar-refractivity contribution in [2.24, 2.45) is 0 Å². The van der Waals surface area contributed by atoms with E-state index in [1.807, 2.05) is 36.0 Å². The molecule has 0 unspecified atom stereocenters. The molecule has 4 rings (SSSR count). The maximum absolute atomic E-state index is 12.5. The molecule has 0 spiro atoms. The van der Waals surface area contributed by atoms with Crippen LogP contribution >= 0.6 is 23.4 Å². The highest BCUT2D eigenvalue weighted by Gasteiger charge is 2.15. The van der Waals surface area contributed by atoms with Crippen molar-refractivity contribution in [1.82, 2.24) is 9.97 Å². The van der Waals surface area contributed by atoms with Gasteiger partial charge in [-0.25, -0.2) is 4.98 Å². The molecule has 3 aromatic rings. The molecule has 2 N–H and O–H groups in total. The van der Waals surface area contributed by atoms with Crippen LogP contribution < -0.4 is 10.9 Å². The van der Waals surface area contributed by atoms with Crippen molar-refractivity contribution < 1.29 is 0 Å². The minimum Gasteiger partial charge on any atom is -0.326 e. The van der Waals surface area contributed by atoms with Crippen molar-refractivity contribution in [1.29, 1.82) is 0 Å². The van der Waals surface area contributed by atoms with Gasteiger partial charge in [-0.15, -0.1) is 11.8 Å². The molecule has 1 fully saturated rings. The first-order valence-corrected chi connectivity index (χ1v) is 10.2. The molecule has 0 saturated heterocycles. The van der Waals surface area contributed by atoms with Crippen molar-refractivity contribution in [2.75, 3.05) is 5.32 Å². The fourth-order valence-corrected chi connectivity index (χ4v) is 4.71. The number of fused-ring (bicyclic) bond motifs is 1. The van der Waals surface area contributed by atoms with Gasteiger partial charge >= 0.3 is 0 Å². The molecule has 0 radical (unpaired) electrons. The summed E-state index contributed by atoms with van der Waals surface area (Å²) in [4.78, 5) is 21.0. The number of aromatic amines is 1. The van der Waals surface area contributed by atoms with Gasteiger partial charge in [0, 0.05) is 20.9 Å². The van der Waals surface area contributed by atoms with Gasteiger partial charge in [-0.1, -0.05) is 30.9 Å². The Hall–Kier alpha value is -1.98. The molecule has 134 valence electrons. The van der Waals surface area contributed by atoms with E-state index in [9.17, 15) is 4.79 Å². The van der Waals surface area contributed by atoms with E-state index < -0.39 is 0 Å². The molecule has 2 aromatic carbocycles. The molecular formula is C20H20ClN3OS. The third-order valence-electron chi connectivity index (χ3n) is 4.64. The predicted molar refractivity (Wildman–Crippen MR) is 110 cm³/mol. The van der Waals surface area contributed by atoms with Crippen molar-refractivity contribution in [3.63, 3.8) is 0 Å². The highest BCUT2D eigenvalue weighted by molar-refractivity contribution is 8.00. The van der Waals surface area contributed by atoms with Gasteiger partial charge in [-0.05, 0) is 55.3 Å². The molecular weight excluding hydrogens is 366 g/mol. The summed E-state index contributed by atoms with van der Waals surface area (Å²) in [5.74, 6) is 0.428. The van der Waals surface area contributed by atoms with Gasteiger partial charge in [0.2, 0.25) is 5.95 Å². The number of halogens is 1. The molecule has 0 bridgehead atoms. The second kappa shape index (κ2) is 7.72. The molecule has 0 aliphatic heterocycles. The standard InChI is InChI=1S/C20H20ClN3OS/c21-13-6-8-14(9-7-13)22-20-23-18-11-10-16(12-17(18)19(25)24-20)26-15-4-2-1-3-5-15/h6-12,15H,1-5H2,(H2,22,23,24,25). The lowest BCUT2D eigenvalue weighted by Crippen LogP contribution is -2.11. The SMILES string of the molecule is O=c1[nH]c(Nc2ccc(Cl)cc2)nc2ccc(SC3CCCCC3)cc12. The maximum Gasteiger partial charge on any atom is 0.260 e. The fraction of sp³-hybridized carbons (Fsp3) is 0.300. The van der Waals surface area contributed by atoms with Crippen LogP contribution in [0.25, 0.3) is 10.9 Å². The summed E-state index contributed by atoms with van der Waals surface area (Å²) < 4.78 is 0. The first-order chi connectivity index (χ1) is 12.7. The highest BCUT2D eigenvalue weighted by atomic mass is 35.5. The quantitative estimate of drug-likeness (QED) is 0.600. The van der Waals surface area contributed by atoms with Gasteiger partial charge in [0.1, 0.15) is 0 Å². The summed E-state index contributed by atoms with van der Waals surface area (Å²) in [5.41, 5.74) is 1.39. The Labute approximate surface area is 161 Å². The van der Waals surface area contributed by atoms with Crippen LogP contribution in [-0.4, -0.2) is 15.2 Å². The average Bonchev–Trinajstić information content (AvgIpc) is 2.65. The first kappa shape index (κ1) is 17.4. The topological polar surface area (TPSA) is 57.8 Å². The number of H-pyrrole nitrogens is 1. The summed E-state index contributed by atoms with van der Waals surface area (Å²) in [7, 11) is 0. The second-order valence-electron chi connectivity index (χ2n) is 6.60. The summed E-state index contributed by atoms with van der Waals surface area (Å²) in [6.07, 6.45) is 6.50. The summed E-state index contributed by atoms with van der Waals surface area (Å²) >= 11 is 7.79. The molecule has 0 atom stereocenters. The van der Waals surface area contributed by atoms with E-state index in [0.717, 1.165) is 10.6 Å². The van der Waals surface area contributed by atoms with Crippen LogP contribution in [-0.2, 0) is 0 Å². The number of rotatable bonds is 4. The van der Waals surface area contributed by atoms with Crippen LogP contribution in [0.3, 0.4) is 0 Å². The van der Waals surface area contributed by atoms with Crippen molar-refractivity contribution in [2.45, 2.75) is 42.2 Å². The number of nitrogens with one attached hydrogen (secondary N) is 2. The molecule has 0 amide bonds. The number of hydrogen-bond donors (Lipinski definition) is 2. The van der Waals surface area contributed by atoms with Crippen LogP contribution in [0.5, 0.6) is 0 Å². The van der Waals surface area contributed by atoms with Gasteiger partial charge in [0.15, 0.2) is 0 Å². The first-order valence-electron chi connectivity index (χ1n) is 8.91. The van der Waals surface area contributed by atoms with E-state index in [4.69, 9.17) is 11.6 Å². The van der Waals surface area contributed by atoms with E-state index in [-0.39, 0.29) is 5.56 Å². The molecule has 26 heavy (non-hydrogen) atoms. The molecule has 1 saturated carbocycles. The van der Waals surface area contributed by atoms with Crippen LogP contribution in [0.2, 0.25) is 5.02 Å². The number of hydrogen-bond acceptors (Lipinski definition) is 4. The molecule has 1 heterocycles. The third kappa shape index (κ3) is 4.05. The van der Waals surface area contributed by atoms with Crippen molar-refractivity contribution >= 4 is 45.9 Å². The molecule has 6 heteroatoms. The van der Waals surface area contributed by atoms with Gasteiger partial charge < -0.3 is 5.32 Å². The monoisotopic (exact) mass is 385 g/mol. The minimum absolute atomic E-state index is 0.127. The number of benzene rings is 2. The normalized spacial score (nSPS) is 15.3. The summed E-state index contributed by atoms with van der Waals surface area (Å²) in [6, 6.07) is 13.2. The lowest BCUT2D eigenvalue weighted by Gasteiger charge is -2.20. The zero-order valence-corrected chi connectivity index (χ0v) is 15.9. The lowest BCUT2D eigenvalue weighted by molar-refractivity contribution is 0.516. The number of thioether (sulfide) groups is 1. The van der Waals surface area contributed by atoms with Gasteiger partial charge in [0.05, 0.1) is 10.9 Å². The molecule has 1 aromatic heterocycles. The van der Waals surface area contributed by atoms with Crippen LogP contribution in [0, 0.1) is 0 Å². The van der Waals surface area contributed by atoms with Crippen LogP contribution in [0.4, 0.5) is 11.6 Å². The number of anilines is 2.